The Bertz CT molecular complexity index is 1130. The van der Waals surface area contributed by atoms with Crippen LogP contribution in [0, 0.1) is 0 Å². The fourth-order valence-electron chi connectivity index (χ4n) is 4.37. The number of allylic oxidation sites excluding steroid dienone is 1. The third-order valence-electron chi connectivity index (χ3n) is 6.31. The van der Waals surface area contributed by atoms with Crippen LogP contribution >= 0.6 is 7.75 Å². The Hall–Kier alpha value is -2.67. The van der Waals surface area contributed by atoms with Crippen LogP contribution < -0.4 is 9.61 Å². The lowest BCUT2D eigenvalue weighted by atomic mass is 9.97. The zero-order valence-electron chi connectivity index (χ0n) is 21.8. The van der Waals surface area contributed by atoms with Crippen LogP contribution in [0.5, 0.6) is 5.75 Å². The van der Waals surface area contributed by atoms with Crippen molar-refractivity contribution < 1.29 is 51.3 Å². The smallest absolute Gasteiger partial charge is 0.456 e. The Labute approximate surface area is 225 Å². The highest BCUT2D eigenvalue weighted by Crippen LogP contribution is 2.47. The van der Waals surface area contributed by atoms with Crippen molar-refractivity contribution in [3.05, 3.63) is 42.6 Å². The summed E-state index contributed by atoms with van der Waals surface area (Å²) in [7, 11) is -4.18. The van der Waals surface area contributed by atoms with Crippen LogP contribution in [-0.2, 0) is 42.4 Å². The molecule has 0 aliphatic carbocycles. The van der Waals surface area contributed by atoms with E-state index in [0.717, 1.165) is 24.1 Å². The highest BCUT2D eigenvalue weighted by Gasteiger charge is 2.60. The lowest BCUT2D eigenvalue weighted by molar-refractivity contribution is -0.158. The van der Waals surface area contributed by atoms with Crippen molar-refractivity contribution in [2.75, 3.05) is 19.8 Å². The van der Waals surface area contributed by atoms with Crippen LogP contribution in [0.1, 0.15) is 33.6 Å². The number of halogens is 1. The Morgan fingerprint density at radius 2 is 1.95 bits per heavy atom. The molecule has 2 fully saturated rings. The number of para-hydroxylation sites is 1. The fourth-order valence-corrected chi connectivity index (χ4v) is 5.91. The van der Waals surface area contributed by atoms with E-state index in [9.17, 15) is 18.9 Å². The number of carbonyl (C=O) groups excluding carboxylic acids is 3. The van der Waals surface area contributed by atoms with E-state index < -0.39 is 74.9 Å². The maximum atomic E-state index is 16.2. The Morgan fingerprint density at radius 3 is 2.59 bits per heavy atom. The SMILES string of the molecule is CCC(=O)O[C@@H]1[C@@H](COP(=O)(N[C@@H](C)C2OCCO2)Oc2ccccc2)O[C@@H](N2C=CC(=O)CC2=O)[C@]1(C)F. The molecule has 1 amide bonds. The number of benzene rings is 1. The molecule has 0 radical (unpaired) electrons. The van der Waals surface area contributed by atoms with Crippen molar-refractivity contribution in [3.63, 3.8) is 0 Å². The molecule has 0 aromatic heterocycles. The van der Waals surface area contributed by atoms with Gasteiger partial charge in [-0.25, -0.2) is 14.0 Å². The molecule has 1 aromatic rings. The molecular weight excluding hydrogens is 538 g/mol. The van der Waals surface area contributed by atoms with Gasteiger partial charge in [-0.3, -0.25) is 23.8 Å². The molecule has 0 spiro atoms. The third kappa shape index (κ3) is 6.92. The number of esters is 1. The minimum absolute atomic E-state index is 0.0437. The fraction of sp³-hybridized carbons (Fsp3) is 0.560. The Kier molecular flexibility index (Phi) is 9.20. The summed E-state index contributed by atoms with van der Waals surface area (Å²) in [6, 6.07) is 7.63. The van der Waals surface area contributed by atoms with Crippen molar-refractivity contribution >= 4 is 25.4 Å². The molecule has 0 saturated carbocycles. The van der Waals surface area contributed by atoms with E-state index in [-0.39, 0.29) is 12.2 Å². The molecule has 39 heavy (non-hydrogen) atoms. The number of ether oxygens (including phenoxy) is 4. The molecule has 14 heteroatoms. The highest BCUT2D eigenvalue weighted by molar-refractivity contribution is 7.52. The molecule has 6 atom stereocenters. The summed E-state index contributed by atoms with van der Waals surface area (Å²) < 4.78 is 63.7. The van der Waals surface area contributed by atoms with Gasteiger partial charge in [-0.1, -0.05) is 25.1 Å². The van der Waals surface area contributed by atoms with Gasteiger partial charge in [-0.2, -0.15) is 0 Å². The maximum absolute atomic E-state index is 16.2. The summed E-state index contributed by atoms with van der Waals surface area (Å²) in [5, 5.41) is 2.77. The molecular formula is C25H32FN2O10P. The van der Waals surface area contributed by atoms with E-state index in [2.05, 4.69) is 5.09 Å². The summed E-state index contributed by atoms with van der Waals surface area (Å²) in [6.45, 7) is 4.53. The first kappa shape index (κ1) is 29.3. The first-order valence-corrected chi connectivity index (χ1v) is 14.1. The van der Waals surface area contributed by atoms with Crippen LogP contribution in [0.25, 0.3) is 0 Å². The second-order valence-corrected chi connectivity index (χ2v) is 11.1. The minimum atomic E-state index is -4.18. The van der Waals surface area contributed by atoms with Crippen LogP contribution in [0.4, 0.5) is 4.39 Å². The van der Waals surface area contributed by atoms with Gasteiger partial charge < -0.3 is 23.5 Å². The quantitative estimate of drug-likeness (QED) is 0.239. The number of hydrogen-bond acceptors (Lipinski definition) is 10. The van der Waals surface area contributed by atoms with E-state index in [1.165, 1.54) is 0 Å². The molecule has 4 rings (SSSR count). The lowest BCUT2D eigenvalue weighted by Gasteiger charge is -2.33. The van der Waals surface area contributed by atoms with Crippen molar-refractivity contribution in [1.29, 1.82) is 0 Å². The van der Waals surface area contributed by atoms with Gasteiger partial charge in [0.1, 0.15) is 11.9 Å². The minimum Gasteiger partial charge on any atom is -0.456 e. The van der Waals surface area contributed by atoms with Crippen LogP contribution in [-0.4, -0.2) is 78.8 Å². The van der Waals surface area contributed by atoms with Crippen LogP contribution in [0.3, 0.4) is 0 Å². The van der Waals surface area contributed by atoms with Gasteiger partial charge in [0.25, 0.3) is 0 Å². The van der Waals surface area contributed by atoms with Crippen molar-refractivity contribution in [3.8, 4) is 5.75 Å². The number of rotatable bonds is 11. The van der Waals surface area contributed by atoms with Gasteiger partial charge in [0.2, 0.25) is 5.91 Å². The number of hydrogen-bond donors (Lipinski definition) is 1. The summed E-state index contributed by atoms with van der Waals surface area (Å²) >= 11 is 0. The monoisotopic (exact) mass is 570 g/mol. The van der Waals surface area contributed by atoms with E-state index in [4.69, 9.17) is 28.0 Å². The molecule has 1 N–H and O–H groups in total. The van der Waals surface area contributed by atoms with Crippen molar-refractivity contribution in [2.24, 2.45) is 0 Å². The number of alkyl halides is 1. The summed E-state index contributed by atoms with van der Waals surface area (Å²) in [4.78, 5) is 37.3. The average molecular weight is 571 g/mol. The first-order valence-electron chi connectivity index (χ1n) is 12.6. The molecule has 3 aliphatic heterocycles. The molecule has 3 heterocycles. The average Bonchev–Trinajstić information content (AvgIpc) is 3.51. The number of amides is 1. The van der Waals surface area contributed by atoms with E-state index >= 15 is 4.39 Å². The molecule has 214 valence electrons. The lowest BCUT2D eigenvalue weighted by Crippen LogP contribution is -2.52. The first-order chi connectivity index (χ1) is 18.5. The normalized spacial score (nSPS) is 29.8. The molecule has 3 aliphatic rings. The molecule has 1 unspecified atom stereocenters. The Morgan fingerprint density at radius 1 is 1.26 bits per heavy atom. The predicted octanol–water partition coefficient (Wildman–Crippen LogP) is 2.63. The third-order valence-corrected chi connectivity index (χ3v) is 7.97. The zero-order valence-corrected chi connectivity index (χ0v) is 22.7. The van der Waals surface area contributed by atoms with E-state index in [1.54, 1.807) is 44.2 Å². The van der Waals surface area contributed by atoms with Gasteiger partial charge >= 0.3 is 13.7 Å². The zero-order chi connectivity index (χ0) is 28.2. The summed E-state index contributed by atoms with van der Waals surface area (Å²) in [5.41, 5.74) is -2.41. The number of nitrogens with zero attached hydrogens (tertiary/aromatic N) is 1. The standard InChI is InChI=1S/C25H32FN2O10P/c1-4-21(31)37-22-19(36-24(25(22,3)26)28-11-10-17(29)14-20(28)30)15-35-39(32,38-18-8-6-5-7-9-18)27-16(2)23-33-12-13-34-23/h5-11,16,19,22-24H,4,12-15H2,1-3H3,(H,27,32)/t16-,19+,22+,24+,25+,39?/m0/s1. The van der Waals surface area contributed by atoms with Crippen LogP contribution in [0.15, 0.2) is 42.6 Å². The summed E-state index contributed by atoms with van der Waals surface area (Å²) in [5.74, 6) is -1.58. The van der Waals surface area contributed by atoms with Crippen molar-refractivity contribution in [1.82, 2.24) is 9.99 Å². The number of carbonyl (C=O) groups is 3. The van der Waals surface area contributed by atoms with E-state index in [1.807, 2.05) is 0 Å². The molecule has 0 bridgehead atoms. The molecule has 12 nitrogen and oxygen atoms in total. The van der Waals surface area contributed by atoms with Gasteiger partial charge in [-0.15, -0.1) is 0 Å². The van der Waals surface area contributed by atoms with Gasteiger partial charge in [0.15, 0.2) is 30.1 Å². The molecule has 1 aromatic carbocycles. The topological polar surface area (TPSA) is 139 Å². The van der Waals surface area contributed by atoms with Crippen LogP contribution in [0.2, 0.25) is 0 Å². The largest absolute Gasteiger partial charge is 0.459 e. The highest BCUT2D eigenvalue weighted by atomic mass is 31.2. The van der Waals surface area contributed by atoms with E-state index in [0.29, 0.717) is 13.2 Å². The van der Waals surface area contributed by atoms with Crippen molar-refractivity contribution in [2.45, 2.75) is 70.0 Å². The molecule has 2 saturated heterocycles. The van der Waals surface area contributed by atoms with Gasteiger partial charge in [-0.05, 0) is 32.1 Å². The van der Waals surface area contributed by atoms with Gasteiger partial charge in [0.05, 0.1) is 32.3 Å². The van der Waals surface area contributed by atoms with Gasteiger partial charge in [0, 0.05) is 12.6 Å². The summed E-state index contributed by atoms with van der Waals surface area (Å²) in [6.07, 6.45) is -3.30. The second-order valence-electron chi connectivity index (χ2n) is 9.43. The Balaban J connectivity index is 1.56. The second kappa shape index (κ2) is 12.2. The number of nitrogens with one attached hydrogen (secondary N) is 1. The number of ketones is 1. The predicted molar refractivity (Wildman–Crippen MR) is 133 cm³/mol. The maximum Gasteiger partial charge on any atom is 0.459 e.